The number of ether oxygens (including phenoxy) is 1. The van der Waals surface area contributed by atoms with Crippen molar-refractivity contribution >= 4 is 28.5 Å². The van der Waals surface area contributed by atoms with Gasteiger partial charge in [-0.1, -0.05) is 0 Å². The van der Waals surface area contributed by atoms with Crippen LogP contribution in [-0.4, -0.2) is 52.3 Å². The minimum Gasteiger partial charge on any atom is -0.490 e. The van der Waals surface area contributed by atoms with Gasteiger partial charge in [0, 0.05) is 61.8 Å². The number of fused-ring (bicyclic) bond motifs is 2. The Morgan fingerprint density at radius 3 is 2.79 bits per heavy atom. The molecule has 0 bridgehead atoms. The highest BCUT2D eigenvalue weighted by molar-refractivity contribution is 5.76. The van der Waals surface area contributed by atoms with Gasteiger partial charge >= 0.3 is 0 Å². The second-order valence-corrected chi connectivity index (χ2v) is 8.90. The van der Waals surface area contributed by atoms with E-state index in [4.69, 9.17) is 9.72 Å². The maximum Gasteiger partial charge on any atom is 0.180 e. The zero-order valence-electron chi connectivity index (χ0n) is 18.9. The predicted molar refractivity (Wildman–Crippen MR) is 134 cm³/mol. The monoisotopic (exact) mass is 456 g/mol. The summed E-state index contributed by atoms with van der Waals surface area (Å²) in [6.45, 7) is 3.74. The lowest BCUT2D eigenvalue weighted by Crippen LogP contribution is -2.34. The van der Waals surface area contributed by atoms with Gasteiger partial charge < -0.3 is 29.8 Å². The number of aromatic nitrogens is 3. The van der Waals surface area contributed by atoms with Crippen molar-refractivity contribution in [2.24, 2.45) is 5.92 Å². The van der Waals surface area contributed by atoms with Crippen LogP contribution in [0.25, 0.3) is 16.9 Å². The maximum atomic E-state index is 9.38. The van der Waals surface area contributed by atoms with E-state index < -0.39 is 0 Å². The van der Waals surface area contributed by atoms with E-state index in [0.29, 0.717) is 24.9 Å². The fraction of sp³-hybridized carbons (Fsp3) is 0.308. The van der Waals surface area contributed by atoms with Crippen molar-refractivity contribution in [2.75, 3.05) is 48.4 Å². The summed E-state index contributed by atoms with van der Waals surface area (Å²) in [5.41, 5.74) is 5.80. The van der Waals surface area contributed by atoms with Gasteiger partial charge in [0.05, 0.1) is 11.4 Å². The van der Waals surface area contributed by atoms with Crippen LogP contribution in [0.1, 0.15) is 12.8 Å². The molecule has 2 aromatic carbocycles. The van der Waals surface area contributed by atoms with Crippen LogP contribution in [0.4, 0.5) is 22.9 Å². The van der Waals surface area contributed by atoms with Gasteiger partial charge in [-0.2, -0.15) is 0 Å². The molecule has 8 heteroatoms. The van der Waals surface area contributed by atoms with Gasteiger partial charge in [-0.3, -0.25) is 0 Å². The van der Waals surface area contributed by atoms with Gasteiger partial charge in [-0.25, -0.2) is 9.97 Å². The molecule has 174 valence electrons. The molecule has 0 atom stereocenters. The minimum absolute atomic E-state index is 0.292. The highest BCUT2D eigenvalue weighted by Crippen LogP contribution is 2.33. The average Bonchev–Trinajstić information content (AvgIpc) is 3.38. The van der Waals surface area contributed by atoms with Crippen LogP contribution >= 0.6 is 0 Å². The number of rotatable bonds is 5. The standard InChI is InChI=1S/C26H28N6O2/c33-17-18-7-11-31(12-8-18)21-4-2-20(3-5-21)29-25-26-28-9-13-32(26)16-23(30-25)19-1-6-24-22(15-19)27-10-14-34-24/h1-6,9,13,15-16,18,27,33H,7-8,10-12,14,17H2,(H,29,30). The first-order chi connectivity index (χ1) is 16.8. The minimum atomic E-state index is 0.292. The van der Waals surface area contributed by atoms with Crippen molar-refractivity contribution in [1.29, 1.82) is 0 Å². The van der Waals surface area contributed by atoms with Crippen molar-refractivity contribution in [2.45, 2.75) is 12.8 Å². The van der Waals surface area contributed by atoms with E-state index in [1.807, 2.05) is 28.9 Å². The topological polar surface area (TPSA) is 87.0 Å². The van der Waals surface area contributed by atoms with Crippen molar-refractivity contribution in [3.63, 3.8) is 0 Å². The van der Waals surface area contributed by atoms with Crippen molar-refractivity contribution in [1.82, 2.24) is 14.4 Å². The van der Waals surface area contributed by atoms with Crippen molar-refractivity contribution < 1.29 is 9.84 Å². The van der Waals surface area contributed by atoms with Crippen LogP contribution in [0, 0.1) is 5.92 Å². The second-order valence-electron chi connectivity index (χ2n) is 8.90. The van der Waals surface area contributed by atoms with E-state index in [9.17, 15) is 5.11 Å². The maximum absolute atomic E-state index is 9.38. The summed E-state index contributed by atoms with van der Waals surface area (Å²) in [7, 11) is 0. The number of hydrogen-bond acceptors (Lipinski definition) is 7. The third-order valence-corrected chi connectivity index (χ3v) is 6.69. The first kappa shape index (κ1) is 20.8. The number of aliphatic hydroxyl groups is 1. The Hall–Kier alpha value is -3.78. The molecule has 4 aromatic rings. The van der Waals surface area contributed by atoms with Gasteiger partial charge in [0.15, 0.2) is 11.5 Å². The third kappa shape index (κ3) is 4.01. The smallest absolute Gasteiger partial charge is 0.180 e. The Morgan fingerprint density at radius 1 is 1.12 bits per heavy atom. The Kier molecular flexibility index (Phi) is 5.43. The Morgan fingerprint density at radius 2 is 1.97 bits per heavy atom. The van der Waals surface area contributed by atoms with Crippen LogP contribution < -0.4 is 20.3 Å². The Labute approximate surface area is 198 Å². The summed E-state index contributed by atoms with van der Waals surface area (Å²) >= 11 is 0. The molecular weight excluding hydrogens is 428 g/mol. The molecule has 6 rings (SSSR count). The summed E-state index contributed by atoms with van der Waals surface area (Å²) in [5.74, 6) is 2.02. The van der Waals surface area contributed by atoms with Crippen LogP contribution in [-0.2, 0) is 0 Å². The number of aliphatic hydroxyl groups excluding tert-OH is 1. The largest absolute Gasteiger partial charge is 0.490 e. The van der Waals surface area contributed by atoms with Crippen molar-refractivity contribution in [3.8, 4) is 17.0 Å². The van der Waals surface area contributed by atoms with E-state index >= 15 is 0 Å². The molecule has 8 nitrogen and oxygen atoms in total. The fourth-order valence-corrected chi connectivity index (χ4v) is 4.72. The lowest BCUT2D eigenvalue weighted by molar-refractivity contribution is 0.203. The van der Waals surface area contributed by atoms with Crippen LogP contribution in [0.15, 0.2) is 61.1 Å². The average molecular weight is 457 g/mol. The lowest BCUT2D eigenvalue weighted by Gasteiger charge is -2.33. The summed E-state index contributed by atoms with van der Waals surface area (Å²) in [4.78, 5) is 11.8. The molecule has 2 aliphatic heterocycles. The van der Waals surface area contributed by atoms with E-state index in [1.165, 1.54) is 5.69 Å². The molecular formula is C26H28N6O2. The van der Waals surface area contributed by atoms with E-state index in [1.54, 1.807) is 6.20 Å². The molecule has 0 unspecified atom stereocenters. The normalized spacial score (nSPS) is 16.1. The molecule has 34 heavy (non-hydrogen) atoms. The molecule has 0 saturated carbocycles. The van der Waals surface area contributed by atoms with E-state index in [2.05, 4.69) is 50.8 Å². The zero-order chi connectivity index (χ0) is 22.9. The van der Waals surface area contributed by atoms with Gasteiger partial charge in [-0.15, -0.1) is 0 Å². The van der Waals surface area contributed by atoms with Gasteiger partial charge in [0.1, 0.15) is 12.4 Å². The number of nitrogens with zero attached hydrogens (tertiary/aromatic N) is 4. The molecule has 4 heterocycles. The van der Waals surface area contributed by atoms with Crippen LogP contribution in [0.2, 0.25) is 0 Å². The summed E-state index contributed by atoms with van der Waals surface area (Å²) in [6, 6.07) is 14.6. The molecule has 1 fully saturated rings. The Balaban J connectivity index is 1.26. The van der Waals surface area contributed by atoms with Crippen LogP contribution in [0.5, 0.6) is 5.75 Å². The van der Waals surface area contributed by atoms with E-state index in [0.717, 1.165) is 66.5 Å². The van der Waals surface area contributed by atoms with Crippen LogP contribution in [0.3, 0.4) is 0 Å². The van der Waals surface area contributed by atoms with E-state index in [-0.39, 0.29) is 0 Å². The van der Waals surface area contributed by atoms with Gasteiger partial charge in [0.25, 0.3) is 0 Å². The first-order valence-electron chi connectivity index (χ1n) is 11.8. The predicted octanol–water partition coefficient (Wildman–Crippen LogP) is 4.15. The number of imidazole rings is 1. The molecule has 0 radical (unpaired) electrons. The highest BCUT2D eigenvalue weighted by atomic mass is 16.5. The summed E-state index contributed by atoms with van der Waals surface area (Å²) in [5, 5.41) is 16.2. The third-order valence-electron chi connectivity index (χ3n) is 6.69. The quantitative estimate of drug-likeness (QED) is 0.416. The second kappa shape index (κ2) is 8.87. The number of hydrogen-bond donors (Lipinski definition) is 3. The number of benzene rings is 2. The number of anilines is 4. The molecule has 0 spiro atoms. The summed E-state index contributed by atoms with van der Waals surface area (Å²) in [6.07, 6.45) is 7.79. The molecule has 3 N–H and O–H groups in total. The molecule has 2 aliphatic rings. The highest BCUT2D eigenvalue weighted by Gasteiger charge is 2.19. The molecule has 2 aromatic heterocycles. The number of nitrogens with one attached hydrogen (secondary N) is 2. The zero-order valence-corrected chi connectivity index (χ0v) is 18.9. The first-order valence-corrected chi connectivity index (χ1v) is 11.8. The SMILES string of the molecule is OCC1CCN(c2ccc(Nc3nc(-c4ccc5c(c4)NCCO5)cn4ccnc34)cc2)CC1. The Bertz CT molecular complexity index is 1290. The molecule has 0 amide bonds. The molecule has 0 aliphatic carbocycles. The summed E-state index contributed by atoms with van der Waals surface area (Å²) < 4.78 is 7.71. The van der Waals surface area contributed by atoms with Gasteiger partial charge in [-0.05, 0) is 61.2 Å². The fourth-order valence-electron chi connectivity index (χ4n) is 4.72. The molecule has 1 saturated heterocycles. The van der Waals surface area contributed by atoms with Gasteiger partial charge in [0.2, 0.25) is 0 Å². The van der Waals surface area contributed by atoms with Crippen molar-refractivity contribution in [3.05, 3.63) is 61.1 Å². The number of piperidine rings is 1. The lowest BCUT2D eigenvalue weighted by atomic mass is 9.97.